The highest BCUT2D eigenvalue weighted by molar-refractivity contribution is 7.07. The Morgan fingerprint density at radius 1 is 1.17 bits per heavy atom. The van der Waals surface area contributed by atoms with Crippen LogP contribution >= 0.6 is 11.3 Å². The monoisotopic (exact) mass is 334 g/mol. The van der Waals surface area contributed by atoms with E-state index in [1.54, 1.807) is 11.4 Å². The van der Waals surface area contributed by atoms with E-state index in [1.807, 2.05) is 5.38 Å². The third-order valence-corrected chi connectivity index (χ3v) is 3.60. The van der Waals surface area contributed by atoms with Crippen molar-refractivity contribution in [1.82, 2.24) is 5.32 Å². The van der Waals surface area contributed by atoms with Gasteiger partial charge in [0.05, 0.1) is 6.10 Å². The predicted octanol–water partition coefficient (Wildman–Crippen LogP) is 2.23. The van der Waals surface area contributed by atoms with Crippen LogP contribution in [0, 0.1) is 5.82 Å². The van der Waals surface area contributed by atoms with Crippen molar-refractivity contribution in [2.24, 2.45) is 0 Å². The van der Waals surface area contributed by atoms with Gasteiger partial charge in [0, 0.05) is 24.4 Å². The van der Waals surface area contributed by atoms with Crippen LogP contribution in [0.5, 0.6) is 0 Å². The van der Waals surface area contributed by atoms with E-state index in [0.29, 0.717) is 5.69 Å². The molecule has 5 nitrogen and oxygen atoms in total. The van der Waals surface area contributed by atoms with E-state index in [9.17, 15) is 19.1 Å². The smallest absolute Gasteiger partial charge is 0.248 e. The summed E-state index contributed by atoms with van der Waals surface area (Å²) in [5.41, 5.74) is 1.16. The Morgan fingerprint density at radius 2 is 1.87 bits per heavy atom. The molecule has 1 aromatic carbocycles. The van der Waals surface area contributed by atoms with Crippen LogP contribution in [0.1, 0.15) is 11.7 Å². The summed E-state index contributed by atoms with van der Waals surface area (Å²) in [6, 6.07) is 7.04. The second kappa shape index (κ2) is 8.21. The molecule has 0 aliphatic carbocycles. The van der Waals surface area contributed by atoms with Crippen LogP contribution in [-0.2, 0) is 9.59 Å². The molecule has 0 fully saturated rings. The first-order valence-corrected chi connectivity index (χ1v) is 7.71. The molecule has 2 rings (SSSR count). The van der Waals surface area contributed by atoms with Crippen molar-refractivity contribution in [3.63, 3.8) is 0 Å². The number of amides is 2. The maximum absolute atomic E-state index is 12.7. The lowest BCUT2D eigenvalue weighted by atomic mass is 10.2. The third-order valence-electron chi connectivity index (χ3n) is 2.90. The van der Waals surface area contributed by atoms with Gasteiger partial charge in [-0.1, -0.05) is 0 Å². The molecule has 0 saturated heterocycles. The minimum atomic E-state index is -0.786. The van der Waals surface area contributed by atoms with E-state index in [2.05, 4.69) is 10.6 Å². The van der Waals surface area contributed by atoms with Crippen molar-refractivity contribution in [2.45, 2.75) is 6.10 Å². The predicted molar refractivity (Wildman–Crippen MR) is 86.5 cm³/mol. The topological polar surface area (TPSA) is 78.4 Å². The molecular weight excluding hydrogens is 319 g/mol. The first kappa shape index (κ1) is 16.9. The standard InChI is InChI=1S/C16H15FN2O3S/c17-12-1-3-13(4-2-12)19-16(22)6-5-15(21)18-9-14(20)11-7-8-23-10-11/h1-8,10,14,20H,9H2,(H,18,21)(H,19,22)/b6-5+. The molecule has 1 atom stereocenters. The number of thiophene rings is 1. The number of halogens is 1. The Hall–Kier alpha value is -2.51. The number of carbonyl (C=O) groups excluding carboxylic acids is 2. The summed E-state index contributed by atoms with van der Waals surface area (Å²) in [6.07, 6.45) is 1.35. The number of aliphatic hydroxyl groups is 1. The summed E-state index contributed by atoms with van der Waals surface area (Å²) < 4.78 is 12.7. The van der Waals surface area contributed by atoms with Gasteiger partial charge in [0.15, 0.2) is 0 Å². The number of rotatable bonds is 6. The number of nitrogens with one attached hydrogen (secondary N) is 2. The van der Waals surface area contributed by atoms with Crippen molar-refractivity contribution in [3.05, 3.63) is 64.6 Å². The van der Waals surface area contributed by atoms with Crippen LogP contribution < -0.4 is 10.6 Å². The van der Waals surface area contributed by atoms with Gasteiger partial charge >= 0.3 is 0 Å². The van der Waals surface area contributed by atoms with Crippen LogP contribution in [0.25, 0.3) is 0 Å². The molecule has 0 spiro atoms. The largest absolute Gasteiger partial charge is 0.387 e. The summed E-state index contributed by atoms with van der Waals surface area (Å²) in [6.45, 7) is 0.0550. The normalized spacial score (nSPS) is 12.1. The molecule has 0 aliphatic rings. The quantitative estimate of drug-likeness (QED) is 0.709. The average molecular weight is 334 g/mol. The van der Waals surface area contributed by atoms with Crippen LogP contribution in [0.2, 0.25) is 0 Å². The molecule has 0 aliphatic heterocycles. The summed E-state index contributed by atoms with van der Waals surface area (Å²) in [5.74, 6) is -1.40. The van der Waals surface area contributed by atoms with E-state index in [0.717, 1.165) is 17.7 Å². The highest BCUT2D eigenvalue weighted by Gasteiger charge is 2.08. The van der Waals surface area contributed by atoms with E-state index in [4.69, 9.17) is 0 Å². The minimum absolute atomic E-state index is 0.0550. The summed E-state index contributed by atoms with van der Waals surface area (Å²) in [5, 5.41) is 18.4. The zero-order valence-electron chi connectivity index (χ0n) is 12.0. The fraction of sp³-hybridized carbons (Fsp3) is 0.125. The molecule has 1 unspecified atom stereocenters. The number of anilines is 1. The zero-order valence-corrected chi connectivity index (χ0v) is 12.8. The lowest BCUT2D eigenvalue weighted by molar-refractivity contribution is -0.117. The van der Waals surface area contributed by atoms with E-state index < -0.39 is 23.7 Å². The molecule has 0 saturated carbocycles. The van der Waals surface area contributed by atoms with Crippen molar-refractivity contribution < 1.29 is 19.1 Å². The highest BCUT2D eigenvalue weighted by atomic mass is 32.1. The van der Waals surface area contributed by atoms with Crippen LogP contribution in [-0.4, -0.2) is 23.5 Å². The van der Waals surface area contributed by atoms with Gasteiger partial charge in [-0.25, -0.2) is 4.39 Å². The molecular formula is C16H15FN2O3S. The van der Waals surface area contributed by atoms with Gasteiger partial charge in [-0.2, -0.15) is 11.3 Å². The van der Waals surface area contributed by atoms with Gasteiger partial charge in [0.25, 0.3) is 0 Å². The highest BCUT2D eigenvalue weighted by Crippen LogP contribution is 2.14. The SMILES string of the molecule is O=C(/C=C/C(=O)Nc1ccc(F)cc1)NCC(O)c1ccsc1. The Labute approximate surface area is 136 Å². The van der Waals surface area contributed by atoms with E-state index in [1.165, 1.54) is 35.6 Å². The lowest BCUT2D eigenvalue weighted by Gasteiger charge is -2.08. The average Bonchev–Trinajstić information content (AvgIpc) is 3.07. The fourth-order valence-corrected chi connectivity index (χ4v) is 2.41. The number of carbonyl (C=O) groups is 2. The number of benzene rings is 1. The first-order valence-electron chi connectivity index (χ1n) is 6.77. The molecule has 1 aromatic heterocycles. The second-order valence-corrected chi connectivity index (χ2v) is 5.43. The molecule has 3 N–H and O–H groups in total. The Bertz CT molecular complexity index is 684. The molecule has 0 radical (unpaired) electrons. The van der Waals surface area contributed by atoms with Crippen molar-refractivity contribution in [3.8, 4) is 0 Å². The number of hydrogen-bond acceptors (Lipinski definition) is 4. The minimum Gasteiger partial charge on any atom is -0.387 e. The molecule has 2 aromatic rings. The molecule has 23 heavy (non-hydrogen) atoms. The molecule has 1 heterocycles. The maximum Gasteiger partial charge on any atom is 0.248 e. The van der Waals surface area contributed by atoms with Gasteiger partial charge < -0.3 is 15.7 Å². The maximum atomic E-state index is 12.7. The van der Waals surface area contributed by atoms with Crippen molar-refractivity contribution in [2.75, 3.05) is 11.9 Å². The zero-order chi connectivity index (χ0) is 16.7. The summed E-state index contributed by atoms with van der Waals surface area (Å²) in [4.78, 5) is 23.2. The third kappa shape index (κ3) is 5.65. The lowest BCUT2D eigenvalue weighted by Crippen LogP contribution is -2.26. The second-order valence-electron chi connectivity index (χ2n) is 4.65. The van der Waals surface area contributed by atoms with Gasteiger partial charge in [0.2, 0.25) is 11.8 Å². The van der Waals surface area contributed by atoms with Gasteiger partial charge in [-0.15, -0.1) is 0 Å². The fourth-order valence-electron chi connectivity index (χ4n) is 1.71. The van der Waals surface area contributed by atoms with Crippen LogP contribution in [0.15, 0.2) is 53.2 Å². The van der Waals surface area contributed by atoms with E-state index >= 15 is 0 Å². The Balaban J connectivity index is 1.76. The van der Waals surface area contributed by atoms with Crippen molar-refractivity contribution >= 4 is 28.8 Å². The first-order chi connectivity index (χ1) is 11.0. The van der Waals surface area contributed by atoms with Gasteiger partial charge in [-0.05, 0) is 46.7 Å². The Morgan fingerprint density at radius 3 is 2.52 bits per heavy atom. The summed E-state index contributed by atoms with van der Waals surface area (Å²) >= 11 is 1.46. The van der Waals surface area contributed by atoms with Gasteiger partial charge in [0.1, 0.15) is 5.82 Å². The number of aliphatic hydroxyl groups excluding tert-OH is 1. The molecule has 0 bridgehead atoms. The van der Waals surface area contributed by atoms with Crippen LogP contribution in [0.3, 0.4) is 0 Å². The number of hydrogen-bond donors (Lipinski definition) is 3. The molecule has 120 valence electrons. The molecule has 2 amide bonds. The van der Waals surface area contributed by atoms with Crippen molar-refractivity contribution in [1.29, 1.82) is 0 Å². The van der Waals surface area contributed by atoms with Gasteiger partial charge in [-0.3, -0.25) is 9.59 Å². The van der Waals surface area contributed by atoms with E-state index in [-0.39, 0.29) is 6.54 Å². The Kier molecular flexibility index (Phi) is 6.02. The summed E-state index contributed by atoms with van der Waals surface area (Å²) in [7, 11) is 0. The van der Waals surface area contributed by atoms with Crippen LogP contribution in [0.4, 0.5) is 10.1 Å². The molecule has 7 heteroatoms.